The molecule has 2 aliphatic heterocycles. The van der Waals surface area contributed by atoms with Crippen molar-refractivity contribution in [3.05, 3.63) is 109 Å². The van der Waals surface area contributed by atoms with Crippen molar-refractivity contribution >= 4 is 28.1 Å². The lowest BCUT2D eigenvalue weighted by atomic mass is 9.93. The summed E-state index contributed by atoms with van der Waals surface area (Å²) in [5, 5.41) is 4.54. The van der Waals surface area contributed by atoms with E-state index in [0.29, 0.717) is 11.7 Å². The van der Waals surface area contributed by atoms with Crippen molar-refractivity contribution in [2.45, 2.75) is 79.3 Å². The van der Waals surface area contributed by atoms with Gasteiger partial charge in [-0.05, 0) is 84.5 Å². The molecule has 0 saturated carbocycles. The van der Waals surface area contributed by atoms with E-state index in [2.05, 4.69) is 85.1 Å². The Morgan fingerprint density at radius 3 is 2.31 bits per heavy atom. The molecular weight excluding hydrogens is 474 g/mol. The molecule has 2 bridgehead atoms. The van der Waals surface area contributed by atoms with E-state index in [1.165, 1.54) is 48.6 Å². The molecule has 1 saturated heterocycles. The Bertz CT molecular complexity index is 1290. The third-order valence-electron chi connectivity index (χ3n) is 6.79. The summed E-state index contributed by atoms with van der Waals surface area (Å²) >= 11 is 0. The third kappa shape index (κ3) is 9.07. The Labute approximate surface area is 238 Å². The molecular formula is C36H51N3. The highest BCUT2D eigenvalue weighted by atomic mass is 15.2. The SMILES string of the molecule is C=C.C=C/C(N)=c1/nccc/c1=C/C.CC.CC.CCCN1C2C=C(c3ccc4ccccc4c3)CC1CC2. The maximum absolute atomic E-state index is 5.69. The van der Waals surface area contributed by atoms with Gasteiger partial charge in [0.25, 0.3) is 0 Å². The zero-order valence-electron chi connectivity index (χ0n) is 25.3. The molecule has 3 heterocycles. The van der Waals surface area contributed by atoms with Gasteiger partial charge < -0.3 is 5.73 Å². The molecule has 3 aromatic rings. The summed E-state index contributed by atoms with van der Waals surface area (Å²) in [6.07, 6.45) is 13.1. The molecule has 2 N–H and O–H groups in total. The zero-order chi connectivity index (χ0) is 29.2. The molecule has 3 nitrogen and oxygen atoms in total. The fraction of sp³-hybridized carbons (Fsp3) is 0.361. The number of nitrogens with zero attached hydrogens (tertiary/aromatic N) is 2. The van der Waals surface area contributed by atoms with Gasteiger partial charge in [0.05, 0.1) is 11.0 Å². The zero-order valence-corrected chi connectivity index (χ0v) is 25.3. The molecule has 2 unspecified atom stereocenters. The van der Waals surface area contributed by atoms with Crippen molar-refractivity contribution in [1.29, 1.82) is 0 Å². The molecule has 210 valence electrons. The van der Waals surface area contributed by atoms with Crippen LogP contribution in [0.5, 0.6) is 0 Å². The number of benzene rings is 2. The highest BCUT2D eigenvalue weighted by molar-refractivity contribution is 5.86. The van der Waals surface area contributed by atoms with E-state index in [4.69, 9.17) is 5.73 Å². The highest BCUT2D eigenvalue weighted by Crippen LogP contribution is 2.39. The molecule has 2 aromatic carbocycles. The van der Waals surface area contributed by atoms with Gasteiger partial charge in [0, 0.05) is 18.3 Å². The van der Waals surface area contributed by atoms with Crippen LogP contribution in [0.2, 0.25) is 0 Å². The number of aromatic nitrogens is 1. The fourth-order valence-electron chi connectivity index (χ4n) is 5.12. The van der Waals surface area contributed by atoms with Crippen molar-refractivity contribution in [3.8, 4) is 0 Å². The molecule has 39 heavy (non-hydrogen) atoms. The summed E-state index contributed by atoms with van der Waals surface area (Å²) < 4.78 is 0. The normalized spacial score (nSPS) is 18.4. The van der Waals surface area contributed by atoms with E-state index in [1.54, 1.807) is 17.8 Å². The van der Waals surface area contributed by atoms with Crippen LogP contribution in [0.4, 0.5) is 0 Å². The lowest BCUT2D eigenvalue weighted by Crippen LogP contribution is -2.38. The van der Waals surface area contributed by atoms with E-state index < -0.39 is 0 Å². The lowest BCUT2D eigenvalue weighted by molar-refractivity contribution is 0.213. The second-order valence-corrected chi connectivity index (χ2v) is 8.88. The number of nitrogens with two attached hydrogens (primary N) is 1. The van der Waals surface area contributed by atoms with E-state index in [-0.39, 0.29) is 0 Å². The van der Waals surface area contributed by atoms with E-state index in [1.807, 2.05) is 52.8 Å². The fourth-order valence-corrected chi connectivity index (χ4v) is 5.12. The van der Waals surface area contributed by atoms with Crippen LogP contribution in [0.1, 0.15) is 72.8 Å². The number of fused-ring (bicyclic) bond motifs is 3. The number of hydrogen-bond acceptors (Lipinski definition) is 3. The summed E-state index contributed by atoms with van der Waals surface area (Å²) in [4.78, 5) is 6.88. The Morgan fingerprint density at radius 2 is 1.69 bits per heavy atom. The Kier molecular flexibility index (Phi) is 16.2. The second-order valence-electron chi connectivity index (χ2n) is 8.88. The quantitative estimate of drug-likeness (QED) is 0.353. The summed E-state index contributed by atoms with van der Waals surface area (Å²) in [6.45, 7) is 23.1. The Balaban J connectivity index is 0.000000362. The predicted molar refractivity (Wildman–Crippen MR) is 176 cm³/mol. The first-order valence-corrected chi connectivity index (χ1v) is 14.6. The van der Waals surface area contributed by atoms with E-state index >= 15 is 0 Å². The molecule has 2 aliphatic rings. The van der Waals surface area contributed by atoms with Crippen molar-refractivity contribution in [3.63, 3.8) is 0 Å². The summed E-state index contributed by atoms with van der Waals surface area (Å²) in [5.74, 6) is 0. The van der Waals surface area contributed by atoms with Crippen LogP contribution in [0.15, 0.2) is 92.7 Å². The van der Waals surface area contributed by atoms with Gasteiger partial charge in [0.2, 0.25) is 0 Å². The summed E-state index contributed by atoms with van der Waals surface area (Å²) in [6, 6.07) is 20.9. The third-order valence-corrected chi connectivity index (χ3v) is 6.79. The van der Waals surface area contributed by atoms with Crippen LogP contribution < -0.4 is 16.3 Å². The summed E-state index contributed by atoms with van der Waals surface area (Å²) in [7, 11) is 0. The molecule has 0 aliphatic carbocycles. The minimum Gasteiger partial charge on any atom is -0.397 e. The van der Waals surface area contributed by atoms with Gasteiger partial charge in [-0.1, -0.05) is 95.8 Å². The molecule has 0 amide bonds. The van der Waals surface area contributed by atoms with E-state index in [0.717, 1.165) is 16.6 Å². The van der Waals surface area contributed by atoms with Crippen LogP contribution in [0, 0.1) is 0 Å². The summed E-state index contributed by atoms with van der Waals surface area (Å²) in [5.41, 5.74) is 9.30. The van der Waals surface area contributed by atoms with Crippen LogP contribution in [0.25, 0.3) is 28.1 Å². The van der Waals surface area contributed by atoms with Crippen LogP contribution >= 0.6 is 0 Å². The average molecular weight is 526 g/mol. The topological polar surface area (TPSA) is 42.1 Å². The minimum absolute atomic E-state index is 0.615. The van der Waals surface area contributed by atoms with Gasteiger partial charge in [0.15, 0.2) is 0 Å². The number of hydrogen-bond donors (Lipinski definition) is 1. The standard InChI is InChI=1S/C20H23N.C10H12N2.2C2H6.C2H4/c1-2-11-21-19-9-10-20(21)14-18(13-19)17-8-7-15-5-3-4-6-16(15)12-17;1-3-8-6-5-7-12-10(8)9(11)4-2;3*1-2/h3-8,12-13,19-20H,2,9-11,14H2,1H3;3-7H,2,11H2,1H3;2*1-2H3;1-2H2/b;8-3-,10-9-;;;. The van der Waals surface area contributed by atoms with Gasteiger partial charge in [-0.3, -0.25) is 9.88 Å². The monoisotopic (exact) mass is 525 g/mol. The number of rotatable bonds is 4. The van der Waals surface area contributed by atoms with Crippen LogP contribution in [-0.4, -0.2) is 28.5 Å². The minimum atomic E-state index is 0.615. The molecule has 3 heteroatoms. The molecule has 1 fully saturated rings. The van der Waals surface area contributed by atoms with Crippen molar-refractivity contribution in [2.75, 3.05) is 6.54 Å². The average Bonchev–Trinajstić information content (AvgIpc) is 3.25. The molecule has 5 rings (SSSR count). The van der Waals surface area contributed by atoms with Gasteiger partial charge in [-0.2, -0.15) is 0 Å². The largest absolute Gasteiger partial charge is 0.397 e. The Morgan fingerprint density at radius 1 is 1.00 bits per heavy atom. The first-order valence-electron chi connectivity index (χ1n) is 14.6. The van der Waals surface area contributed by atoms with Gasteiger partial charge in [-0.15, -0.1) is 13.2 Å². The Hall–Kier alpha value is -3.43. The molecule has 0 radical (unpaired) electrons. The van der Waals surface area contributed by atoms with Crippen molar-refractivity contribution in [2.24, 2.45) is 5.73 Å². The molecule has 2 atom stereocenters. The van der Waals surface area contributed by atoms with E-state index in [9.17, 15) is 0 Å². The van der Waals surface area contributed by atoms with Crippen molar-refractivity contribution < 1.29 is 0 Å². The maximum atomic E-state index is 5.69. The first-order chi connectivity index (χ1) is 19.1. The molecule has 0 spiro atoms. The maximum Gasteiger partial charge on any atom is 0.0927 e. The van der Waals surface area contributed by atoms with Crippen LogP contribution in [-0.2, 0) is 0 Å². The molecule has 1 aromatic heterocycles. The first kappa shape index (κ1) is 33.6. The van der Waals surface area contributed by atoms with Crippen LogP contribution in [0.3, 0.4) is 0 Å². The van der Waals surface area contributed by atoms with Gasteiger partial charge in [-0.25, -0.2) is 0 Å². The second kappa shape index (κ2) is 18.8. The van der Waals surface area contributed by atoms with Gasteiger partial charge in [0.1, 0.15) is 0 Å². The predicted octanol–water partition coefficient (Wildman–Crippen LogP) is 7.86. The smallest absolute Gasteiger partial charge is 0.0927 e. The highest BCUT2D eigenvalue weighted by Gasteiger charge is 2.35. The lowest BCUT2D eigenvalue weighted by Gasteiger charge is -2.33. The number of pyridine rings is 1. The van der Waals surface area contributed by atoms with Crippen molar-refractivity contribution in [1.82, 2.24) is 9.88 Å². The van der Waals surface area contributed by atoms with Gasteiger partial charge >= 0.3 is 0 Å².